The highest BCUT2D eigenvalue weighted by atomic mass is 16.4. The third-order valence-electron chi connectivity index (χ3n) is 2.57. The average Bonchev–Trinajstić information content (AvgIpc) is 2.68. The lowest BCUT2D eigenvalue weighted by molar-refractivity contribution is -0.131. The van der Waals surface area contributed by atoms with Crippen LogP contribution >= 0.6 is 0 Å². The number of hydrogen-bond acceptors (Lipinski definition) is 2. The van der Waals surface area contributed by atoms with Crippen molar-refractivity contribution in [1.29, 1.82) is 0 Å². The maximum absolute atomic E-state index is 10.4. The highest BCUT2D eigenvalue weighted by Gasteiger charge is 2.08. The summed E-state index contributed by atoms with van der Waals surface area (Å²) in [5, 5.41) is 8.56. The molecular formula is C13H14N2O2. The van der Waals surface area contributed by atoms with Crippen LogP contribution in [0.1, 0.15) is 31.2 Å². The summed E-state index contributed by atoms with van der Waals surface area (Å²) in [6, 6.07) is 5.95. The summed E-state index contributed by atoms with van der Waals surface area (Å²) in [5.41, 5.74) is 3.00. The second-order valence-corrected chi connectivity index (χ2v) is 4.19. The van der Waals surface area contributed by atoms with Gasteiger partial charge in [-0.2, -0.15) is 0 Å². The molecule has 1 aromatic heterocycles. The molecule has 0 bridgehead atoms. The number of carbonyl (C=O) groups is 1. The molecule has 0 aliphatic heterocycles. The third-order valence-corrected chi connectivity index (χ3v) is 2.57. The fourth-order valence-corrected chi connectivity index (χ4v) is 1.77. The molecule has 0 saturated heterocycles. The largest absolute Gasteiger partial charge is 0.478 e. The third kappa shape index (κ3) is 2.36. The number of hydrogen-bond donors (Lipinski definition) is 2. The average molecular weight is 230 g/mol. The second kappa shape index (κ2) is 4.41. The standard InChI is InChI=1S/C13H14N2O2/c1-8(2)9-4-3-5-10-13(9)15-11(14-10)6-7-12(16)17/h3-8H,1-2H3,(H,14,15)(H,16,17)/b7-6+. The van der Waals surface area contributed by atoms with E-state index in [2.05, 4.69) is 23.8 Å². The maximum atomic E-state index is 10.4. The first kappa shape index (κ1) is 11.4. The van der Waals surface area contributed by atoms with Gasteiger partial charge in [-0.1, -0.05) is 26.0 Å². The summed E-state index contributed by atoms with van der Waals surface area (Å²) in [7, 11) is 0. The van der Waals surface area contributed by atoms with E-state index in [9.17, 15) is 4.79 Å². The molecule has 4 heteroatoms. The molecule has 0 aliphatic carbocycles. The van der Waals surface area contributed by atoms with Gasteiger partial charge in [0.25, 0.3) is 0 Å². The Morgan fingerprint density at radius 3 is 2.88 bits per heavy atom. The minimum Gasteiger partial charge on any atom is -0.478 e. The lowest BCUT2D eigenvalue weighted by Gasteiger charge is -2.04. The zero-order valence-corrected chi connectivity index (χ0v) is 9.77. The predicted octanol–water partition coefficient (Wildman–Crippen LogP) is 2.78. The van der Waals surface area contributed by atoms with Gasteiger partial charge in [0.1, 0.15) is 5.82 Å². The van der Waals surface area contributed by atoms with E-state index >= 15 is 0 Å². The molecule has 0 radical (unpaired) electrons. The van der Waals surface area contributed by atoms with Crippen LogP contribution in [-0.2, 0) is 4.79 Å². The fraction of sp³-hybridized carbons (Fsp3) is 0.231. The van der Waals surface area contributed by atoms with Crippen LogP contribution in [0.4, 0.5) is 0 Å². The van der Waals surface area contributed by atoms with E-state index in [1.54, 1.807) is 0 Å². The molecule has 2 rings (SSSR count). The number of aromatic nitrogens is 2. The van der Waals surface area contributed by atoms with Crippen molar-refractivity contribution in [3.63, 3.8) is 0 Å². The van der Waals surface area contributed by atoms with Gasteiger partial charge < -0.3 is 10.1 Å². The molecule has 0 amide bonds. The Morgan fingerprint density at radius 1 is 1.47 bits per heavy atom. The molecule has 0 aliphatic rings. The van der Waals surface area contributed by atoms with Crippen molar-refractivity contribution in [3.8, 4) is 0 Å². The number of nitrogens with zero attached hydrogens (tertiary/aromatic N) is 1. The van der Waals surface area contributed by atoms with Gasteiger partial charge in [-0.3, -0.25) is 0 Å². The maximum Gasteiger partial charge on any atom is 0.328 e. The van der Waals surface area contributed by atoms with Crippen molar-refractivity contribution >= 4 is 23.1 Å². The van der Waals surface area contributed by atoms with Gasteiger partial charge in [0, 0.05) is 6.08 Å². The van der Waals surface area contributed by atoms with Crippen LogP contribution in [0.5, 0.6) is 0 Å². The minimum absolute atomic E-state index is 0.387. The molecule has 1 aromatic carbocycles. The molecule has 1 heterocycles. The summed E-state index contributed by atoms with van der Waals surface area (Å²) in [6.07, 6.45) is 2.54. The number of benzene rings is 1. The van der Waals surface area contributed by atoms with Crippen molar-refractivity contribution in [1.82, 2.24) is 9.97 Å². The van der Waals surface area contributed by atoms with Gasteiger partial charge in [0.05, 0.1) is 11.0 Å². The Morgan fingerprint density at radius 2 is 2.24 bits per heavy atom. The zero-order chi connectivity index (χ0) is 12.4. The van der Waals surface area contributed by atoms with Gasteiger partial charge >= 0.3 is 5.97 Å². The minimum atomic E-state index is -0.977. The van der Waals surface area contributed by atoms with E-state index in [0.717, 1.165) is 22.7 Å². The fourth-order valence-electron chi connectivity index (χ4n) is 1.77. The first-order valence-corrected chi connectivity index (χ1v) is 5.47. The van der Waals surface area contributed by atoms with Crippen LogP contribution in [0.25, 0.3) is 17.1 Å². The number of rotatable bonds is 3. The van der Waals surface area contributed by atoms with Crippen molar-refractivity contribution in [3.05, 3.63) is 35.7 Å². The van der Waals surface area contributed by atoms with Crippen LogP contribution in [0.2, 0.25) is 0 Å². The summed E-state index contributed by atoms with van der Waals surface area (Å²) in [5.74, 6) is -0.0247. The highest BCUT2D eigenvalue weighted by Crippen LogP contribution is 2.23. The Labute approximate surface area is 99.0 Å². The van der Waals surface area contributed by atoms with E-state index < -0.39 is 5.97 Å². The van der Waals surface area contributed by atoms with Crippen molar-refractivity contribution in [2.75, 3.05) is 0 Å². The monoisotopic (exact) mass is 230 g/mol. The number of nitrogens with one attached hydrogen (secondary N) is 1. The number of imidazole rings is 1. The van der Waals surface area contributed by atoms with E-state index in [1.165, 1.54) is 6.08 Å². The van der Waals surface area contributed by atoms with Crippen molar-refractivity contribution in [2.45, 2.75) is 19.8 Å². The number of aromatic amines is 1. The van der Waals surface area contributed by atoms with E-state index in [0.29, 0.717) is 11.7 Å². The first-order chi connectivity index (χ1) is 8.08. The van der Waals surface area contributed by atoms with Crippen molar-refractivity contribution in [2.24, 2.45) is 0 Å². The topological polar surface area (TPSA) is 66.0 Å². The second-order valence-electron chi connectivity index (χ2n) is 4.19. The SMILES string of the molecule is CC(C)c1cccc2[nH]c(/C=C/C(=O)O)nc12. The van der Waals surface area contributed by atoms with Crippen LogP contribution in [-0.4, -0.2) is 21.0 Å². The van der Waals surface area contributed by atoms with Gasteiger partial charge in [0.15, 0.2) is 0 Å². The zero-order valence-electron chi connectivity index (χ0n) is 9.77. The molecule has 17 heavy (non-hydrogen) atoms. The quantitative estimate of drug-likeness (QED) is 0.797. The van der Waals surface area contributed by atoms with Gasteiger partial charge in [0.2, 0.25) is 0 Å². The molecule has 0 saturated carbocycles. The predicted molar refractivity (Wildman–Crippen MR) is 66.9 cm³/mol. The summed E-state index contributed by atoms with van der Waals surface area (Å²) < 4.78 is 0. The number of aliphatic carboxylic acids is 1. The Kier molecular flexibility index (Phi) is 2.95. The molecule has 0 spiro atoms. The molecule has 88 valence electrons. The van der Waals surface area contributed by atoms with E-state index in [1.807, 2.05) is 18.2 Å². The molecule has 0 atom stereocenters. The first-order valence-electron chi connectivity index (χ1n) is 5.47. The molecule has 2 aromatic rings. The van der Waals surface area contributed by atoms with Gasteiger partial charge in [-0.05, 0) is 23.6 Å². The number of fused-ring (bicyclic) bond motifs is 1. The Balaban J connectivity index is 2.50. The van der Waals surface area contributed by atoms with Gasteiger partial charge in [-0.15, -0.1) is 0 Å². The molecule has 0 fully saturated rings. The molecule has 0 unspecified atom stereocenters. The Bertz CT molecular complexity index is 582. The smallest absolute Gasteiger partial charge is 0.328 e. The molecule has 4 nitrogen and oxygen atoms in total. The number of carboxylic acid groups (broad SMARTS) is 1. The number of para-hydroxylation sites is 1. The summed E-state index contributed by atoms with van der Waals surface area (Å²) >= 11 is 0. The highest BCUT2D eigenvalue weighted by molar-refractivity contribution is 5.86. The van der Waals surface area contributed by atoms with E-state index in [-0.39, 0.29) is 0 Å². The van der Waals surface area contributed by atoms with Crippen LogP contribution in [0.3, 0.4) is 0 Å². The lowest BCUT2D eigenvalue weighted by Crippen LogP contribution is -1.88. The summed E-state index contributed by atoms with van der Waals surface area (Å²) in [4.78, 5) is 17.9. The Hall–Kier alpha value is -2.10. The molecule has 2 N–H and O–H groups in total. The van der Waals surface area contributed by atoms with Crippen LogP contribution in [0.15, 0.2) is 24.3 Å². The molecular weight excluding hydrogens is 216 g/mol. The lowest BCUT2D eigenvalue weighted by atomic mass is 10.0. The normalized spacial score (nSPS) is 11.7. The van der Waals surface area contributed by atoms with Crippen LogP contribution in [0, 0.1) is 0 Å². The summed E-state index contributed by atoms with van der Waals surface area (Å²) in [6.45, 7) is 4.21. The van der Waals surface area contributed by atoms with Crippen LogP contribution < -0.4 is 0 Å². The van der Waals surface area contributed by atoms with E-state index in [4.69, 9.17) is 5.11 Å². The number of H-pyrrole nitrogens is 1. The van der Waals surface area contributed by atoms with Crippen molar-refractivity contribution < 1.29 is 9.90 Å². The number of carboxylic acids is 1. The van der Waals surface area contributed by atoms with Gasteiger partial charge in [-0.25, -0.2) is 9.78 Å².